The average Bonchev–Trinajstić information content (AvgIpc) is 3.30. The molecule has 3 aromatic rings. The number of nitrogens with zero attached hydrogens (tertiary/aromatic N) is 3. The lowest BCUT2D eigenvalue weighted by Crippen LogP contribution is -2.30. The molecule has 4 rings (SSSR count). The van der Waals surface area contributed by atoms with E-state index in [4.69, 9.17) is 5.73 Å². The van der Waals surface area contributed by atoms with Crippen LogP contribution in [0.2, 0.25) is 0 Å². The first kappa shape index (κ1) is 18.4. The van der Waals surface area contributed by atoms with E-state index in [1.54, 1.807) is 0 Å². The first-order valence-corrected chi connectivity index (χ1v) is 9.76. The topological polar surface area (TPSA) is 64.2 Å². The number of amides is 1. The molecule has 2 heterocycles. The minimum absolute atomic E-state index is 0.0501. The number of nitrogens with two attached hydrogens (primary N) is 1. The molecule has 1 aliphatic heterocycles. The third kappa shape index (κ3) is 3.22. The van der Waals surface area contributed by atoms with Gasteiger partial charge in [-0.1, -0.05) is 48.5 Å². The maximum absolute atomic E-state index is 13.4. The molecule has 1 amide bonds. The summed E-state index contributed by atoms with van der Waals surface area (Å²) in [7, 11) is 0. The van der Waals surface area contributed by atoms with Crippen molar-refractivity contribution in [3.05, 3.63) is 83.2 Å². The van der Waals surface area contributed by atoms with Crippen LogP contribution >= 0.6 is 0 Å². The van der Waals surface area contributed by atoms with Crippen LogP contribution in [0.15, 0.2) is 60.7 Å². The van der Waals surface area contributed by atoms with Crippen molar-refractivity contribution in [2.75, 3.05) is 19.6 Å². The van der Waals surface area contributed by atoms with Gasteiger partial charge in [0.2, 0.25) is 0 Å². The Morgan fingerprint density at radius 3 is 2.32 bits per heavy atom. The van der Waals surface area contributed by atoms with Crippen LogP contribution in [0, 0.1) is 19.8 Å². The van der Waals surface area contributed by atoms with Crippen LogP contribution in [0.25, 0.3) is 5.69 Å². The smallest absolute Gasteiger partial charge is 0.257 e. The number of benzene rings is 2. The third-order valence-electron chi connectivity index (χ3n) is 5.76. The van der Waals surface area contributed by atoms with Gasteiger partial charge in [0.25, 0.3) is 5.91 Å². The quantitative estimate of drug-likeness (QED) is 0.762. The van der Waals surface area contributed by atoms with Crippen LogP contribution in [0.3, 0.4) is 0 Å². The van der Waals surface area contributed by atoms with E-state index < -0.39 is 0 Å². The number of aryl methyl sites for hydroxylation is 1. The van der Waals surface area contributed by atoms with Gasteiger partial charge >= 0.3 is 0 Å². The Kier molecular flexibility index (Phi) is 5.01. The van der Waals surface area contributed by atoms with Gasteiger partial charge in [0.1, 0.15) is 0 Å². The molecule has 0 unspecified atom stereocenters. The van der Waals surface area contributed by atoms with Crippen molar-refractivity contribution < 1.29 is 4.79 Å². The standard InChI is InChI=1S/C23H26N4O/c1-16-22(17(2)27(25-16)20-11-7-4-8-12-20)23(28)26-14-19(13-24)21(15-26)18-9-5-3-6-10-18/h3-12,19,21H,13-15,24H2,1-2H3/t19-,21+/m1/s1. The molecule has 28 heavy (non-hydrogen) atoms. The molecular formula is C23H26N4O. The molecule has 0 radical (unpaired) electrons. The highest BCUT2D eigenvalue weighted by molar-refractivity contribution is 5.96. The fraction of sp³-hybridized carbons (Fsp3) is 0.304. The number of para-hydroxylation sites is 1. The molecule has 144 valence electrons. The molecule has 0 bridgehead atoms. The average molecular weight is 374 g/mol. The molecule has 0 aliphatic carbocycles. The van der Waals surface area contributed by atoms with E-state index in [2.05, 4.69) is 17.2 Å². The van der Waals surface area contributed by atoms with Gasteiger partial charge in [0.15, 0.2) is 0 Å². The minimum Gasteiger partial charge on any atom is -0.338 e. The van der Waals surface area contributed by atoms with Crippen molar-refractivity contribution in [3.63, 3.8) is 0 Å². The summed E-state index contributed by atoms with van der Waals surface area (Å²) in [6.07, 6.45) is 0. The summed E-state index contributed by atoms with van der Waals surface area (Å²) in [4.78, 5) is 15.3. The molecule has 1 fully saturated rings. The maximum Gasteiger partial charge on any atom is 0.257 e. The molecule has 2 N–H and O–H groups in total. The molecule has 5 heteroatoms. The highest BCUT2D eigenvalue weighted by atomic mass is 16.2. The van der Waals surface area contributed by atoms with E-state index in [0.29, 0.717) is 25.2 Å². The summed E-state index contributed by atoms with van der Waals surface area (Å²) in [6.45, 7) is 5.82. The Bertz CT molecular complexity index is 965. The van der Waals surface area contributed by atoms with Gasteiger partial charge in [-0.05, 0) is 44.0 Å². The first-order chi connectivity index (χ1) is 13.6. The molecule has 1 aliphatic rings. The molecule has 0 saturated carbocycles. The zero-order valence-electron chi connectivity index (χ0n) is 16.4. The molecule has 1 saturated heterocycles. The highest BCUT2D eigenvalue weighted by Crippen LogP contribution is 2.33. The fourth-order valence-corrected chi connectivity index (χ4v) is 4.28. The van der Waals surface area contributed by atoms with Crippen molar-refractivity contribution in [2.24, 2.45) is 11.7 Å². The summed E-state index contributed by atoms with van der Waals surface area (Å²) >= 11 is 0. The van der Waals surface area contributed by atoms with Gasteiger partial charge < -0.3 is 10.6 Å². The number of likely N-dealkylation sites (tertiary alicyclic amines) is 1. The molecular weight excluding hydrogens is 348 g/mol. The van der Waals surface area contributed by atoms with E-state index in [9.17, 15) is 4.79 Å². The van der Waals surface area contributed by atoms with Gasteiger partial charge in [-0.25, -0.2) is 4.68 Å². The van der Waals surface area contributed by atoms with E-state index in [1.807, 2.05) is 72.0 Å². The first-order valence-electron chi connectivity index (χ1n) is 9.76. The highest BCUT2D eigenvalue weighted by Gasteiger charge is 2.37. The minimum atomic E-state index is 0.0501. The van der Waals surface area contributed by atoms with Crippen LogP contribution in [-0.4, -0.2) is 40.2 Å². The number of aromatic nitrogens is 2. The predicted octanol–water partition coefficient (Wildman–Crippen LogP) is 3.30. The van der Waals surface area contributed by atoms with Crippen molar-refractivity contribution in [1.29, 1.82) is 0 Å². The zero-order valence-corrected chi connectivity index (χ0v) is 16.4. The zero-order chi connectivity index (χ0) is 19.7. The monoisotopic (exact) mass is 374 g/mol. The van der Waals surface area contributed by atoms with Crippen LogP contribution in [-0.2, 0) is 0 Å². The van der Waals surface area contributed by atoms with E-state index in [-0.39, 0.29) is 17.7 Å². The predicted molar refractivity (Wildman–Crippen MR) is 111 cm³/mol. The lowest BCUT2D eigenvalue weighted by Gasteiger charge is -2.17. The number of carbonyl (C=O) groups is 1. The second-order valence-corrected chi connectivity index (χ2v) is 7.52. The van der Waals surface area contributed by atoms with Crippen LogP contribution in [0.1, 0.15) is 33.2 Å². The maximum atomic E-state index is 13.4. The summed E-state index contributed by atoms with van der Waals surface area (Å²) in [5.41, 5.74) is 10.6. The Labute approximate surface area is 165 Å². The van der Waals surface area contributed by atoms with Gasteiger partial charge in [-0.2, -0.15) is 5.10 Å². The lowest BCUT2D eigenvalue weighted by molar-refractivity contribution is 0.0785. The molecule has 5 nitrogen and oxygen atoms in total. The van der Waals surface area contributed by atoms with Crippen LogP contribution in [0.5, 0.6) is 0 Å². The van der Waals surface area contributed by atoms with Crippen molar-refractivity contribution in [1.82, 2.24) is 14.7 Å². The molecule has 1 aromatic heterocycles. The molecule has 2 aromatic carbocycles. The number of rotatable bonds is 4. The molecule has 2 atom stereocenters. The number of hydrogen-bond donors (Lipinski definition) is 1. The summed E-state index contributed by atoms with van der Waals surface area (Å²) < 4.78 is 1.85. The van der Waals surface area contributed by atoms with E-state index >= 15 is 0 Å². The van der Waals surface area contributed by atoms with Crippen LogP contribution < -0.4 is 5.73 Å². The summed E-state index contributed by atoms with van der Waals surface area (Å²) in [5, 5.41) is 4.63. The Morgan fingerprint density at radius 1 is 1.04 bits per heavy atom. The van der Waals surface area contributed by atoms with Gasteiger partial charge in [-0.15, -0.1) is 0 Å². The lowest BCUT2D eigenvalue weighted by atomic mass is 9.89. The number of carbonyl (C=O) groups excluding carboxylic acids is 1. The fourth-order valence-electron chi connectivity index (χ4n) is 4.28. The second kappa shape index (κ2) is 7.60. The Morgan fingerprint density at radius 2 is 1.68 bits per heavy atom. The van der Waals surface area contributed by atoms with Crippen molar-refractivity contribution >= 4 is 5.91 Å². The normalized spacial score (nSPS) is 19.2. The number of hydrogen-bond acceptors (Lipinski definition) is 3. The Hall–Kier alpha value is -2.92. The van der Waals surface area contributed by atoms with Gasteiger partial charge in [0, 0.05) is 19.0 Å². The molecule has 0 spiro atoms. The van der Waals surface area contributed by atoms with Crippen molar-refractivity contribution in [2.45, 2.75) is 19.8 Å². The van der Waals surface area contributed by atoms with E-state index in [0.717, 1.165) is 17.1 Å². The van der Waals surface area contributed by atoms with Gasteiger partial charge in [0.05, 0.1) is 22.6 Å². The Balaban J connectivity index is 1.63. The summed E-state index contributed by atoms with van der Waals surface area (Å²) in [5.74, 6) is 0.602. The largest absolute Gasteiger partial charge is 0.338 e. The van der Waals surface area contributed by atoms with Crippen molar-refractivity contribution in [3.8, 4) is 5.69 Å². The van der Waals surface area contributed by atoms with Gasteiger partial charge in [-0.3, -0.25) is 4.79 Å². The van der Waals surface area contributed by atoms with E-state index in [1.165, 1.54) is 5.56 Å². The second-order valence-electron chi connectivity index (χ2n) is 7.52. The third-order valence-corrected chi connectivity index (χ3v) is 5.76. The van der Waals surface area contributed by atoms with Crippen LogP contribution in [0.4, 0.5) is 0 Å². The summed E-state index contributed by atoms with van der Waals surface area (Å²) in [6, 6.07) is 20.3. The SMILES string of the molecule is Cc1nn(-c2ccccc2)c(C)c1C(=O)N1C[C@@H](CN)[C@H](c2ccccc2)C1.